The first-order valence-electron chi connectivity index (χ1n) is 8.07. The van der Waals surface area contributed by atoms with Gasteiger partial charge in [0.05, 0.1) is 13.7 Å². The number of rotatable bonds is 8. The largest absolute Gasteiger partial charge is 0.497 e. The Balaban J connectivity index is 1.72. The molecule has 0 saturated carbocycles. The first kappa shape index (κ1) is 17.7. The molecule has 0 aliphatic rings. The first-order valence-corrected chi connectivity index (χ1v) is 8.07. The van der Waals surface area contributed by atoms with E-state index in [9.17, 15) is 4.79 Å². The van der Waals surface area contributed by atoms with E-state index in [4.69, 9.17) is 15.2 Å². The highest BCUT2D eigenvalue weighted by molar-refractivity contribution is 5.91. The van der Waals surface area contributed by atoms with E-state index in [1.165, 1.54) is 0 Å². The van der Waals surface area contributed by atoms with Crippen molar-refractivity contribution in [1.82, 2.24) is 0 Å². The summed E-state index contributed by atoms with van der Waals surface area (Å²) in [6, 6.07) is 13.0. The second-order valence-corrected chi connectivity index (χ2v) is 5.44. The molecule has 24 heavy (non-hydrogen) atoms. The third-order valence-electron chi connectivity index (χ3n) is 3.69. The molecule has 2 aromatic carbocycles. The van der Waals surface area contributed by atoms with Crippen LogP contribution in [0.15, 0.2) is 42.5 Å². The lowest BCUT2D eigenvalue weighted by atomic mass is 10.1. The number of nitrogens with two attached hydrogens (primary N) is 1. The summed E-state index contributed by atoms with van der Waals surface area (Å²) in [6.07, 6.45) is 1.91. The highest BCUT2D eigenvalue weighted by Crippen LogP contribution is 2.19. The van der Waals surface area contributed by atoms with Gasteiger partial charge in [0.1, 0.15) is 11.5 Å². The Morgan fingerprint density at radius 3 is 2.46 bits per heavy atom. The topological polar surface area (TPSA) is 73.6 Å². The molecule has 0 heterocycles. The van der Waals surface area contributed by atoms with Gasteiger partial charge in [0.25, 0.3) is 0 Å². The second kappa shape index (κ2) is 8.82. The lowest BCUT2D eigenvalue weighted by molar-refractivity contribution is -0.116. The standard InChI is InChI=1S/C19H24N2O3/c1-3-14-6-7-15(13-18(14)20)21-19(22)5-4-12-24-17-10-8-16(23-2)9-11-17/h6-11,13H,3-5,12,20H2,1-2H3,(H,21,22). The van der Waals surface area contributed by atoms with Crippen LogP contribution in [0.3, 0.4) is 0 Å². The molecule has 0 aliphatic heterocycles. The van der Waals surface area contributed by atoms with Gasteiger partial charge in [0, 0.05) is 17.8 Å². The number of hydrogen-bond acceptors (Lipinski definition) is 4. The Bertz CT molecular complexity index is 669. The lowest BCUT2D eigenvalue weighted by Gasteiger charge is -2.09. The van der Waals surface area contributed by atoms with E-state index in [1.54, 1.807) is 13.2 Å². The fourth-order valence-corrected chi connectivity index (χ4v) is 2.31. The molecule has 0 fully saturated rings. The van der Waals surface area contributed by atoms with Gasteiger partial charge in [0.2, 0.25) is 5.91 Å². The minimum Gasteiger partial charge on any atom is -0.497 e. The fourth-order valence-electron chi connectivity index (χ4n) is 2.31. The Kier molecular flexibility index (Phi) is 6.49. The second-order valence-electron chi connectivity index (χ2n) is 5.44. The van der Waals surface area contributed by atoms with Gasteiger partial charge < -0.3 is 20.5 Å². The molecule has 0 radical (unpaired) electrons. The van der Waals surface area contributed by atoms with E-state index in [0.717, 1.165) is 29.2 Å². The van der Waals surface area contributed by atoms with Crippen molar-refractivity contribution < 1.29 is 14.3 Å². The molecule has 0 spiro atoms. The number of carbonyl (C=O) groups excluding carboxylic acids is 1. The minimum absolute atomic E-state index is 0.0445. The average Bonchev–Trinajstić information content (AvgIpc) is 2.59. The summed E-state index contributed by atoms with van der Waals surface area (Å²) in [5.41, 5.74) is 8.45. The van der Waals surface area contributed by atoms with Crippen molar-refractivity contribution in [2.75, 3.05) is 24.8 Å². The molecule has 0 bridgehead atoms. The normalized spacial score (nSPS) is 10.2. The number of methoxy groups -OCH3 is 1. The Morgan fingerprint density at radius 2 is 1.83 bits per heavy atom. The summed E-state index contributed by atoms with van der Waals surface area (Å²) in [6.45, 7) is 2.53. The predicted octanol–water partition coefficient (Wildman–Crippen LogP) is 3.64. The predicted molar refractivity (Wildman–Crippen MR) is 96.6 cm³/mol. The SMILES string of the molecule is CCc1ccc(NC(=O)CCCOc2ccc(OC)cc2)cc1N. The van der Waals surface area contributed by atoms with Crippen molar-refractivity contribution in [2.24, 2.45) is 0 Å². The van der Waals surface area contributed by atoms with Gasteiger partial charge in [-0.3, -0.25) is 4.79 Å². The molecular weight excluding hydrogens is 304 g/mol. The lowest BCUT2D eigenvalue weighted by Crippen LogP contribution is -2.13. The maximum absolute atomic E-state index is 11.9. The molecule has 0 aliphatic carbocycles. The van der Waals surface area contributed by atoms with Crippen LogP contribution >= 0.6 is 0 Å². The minimum atomic E-state index is -0.0445. The van der Waals surface area contributed by atoms with Gasteiger partial charge in [-0.05, 0) is 54.8 Å². The van der Waals surface area contributed by atoms with Crippen molar-refractivity contribution in [3.8, 4) is 11.5 Å². The number of ether oxygens (including phenoxy) is 2. The van der Waals surface area contributed by atoms with Gasteiger partial charge >= 0.3 is 0 Å². The molecule has 0 aromatic heterocycles. The molecule has 0 atom stereocenters. The van der Waals surface area contributed by atoms with Crippen LogP contribution in [0.4, 0.5) is 11.4 Å². The number of carbonyl (C=O) groups is 1. The molecule has 5 nitrogen and oxygen atoms in total. The molecule has 2 aromatic rings. The van der Waals surface area contributed by atoms with Crippen LogP contribution in [0.1, 0.15) is 25.3 Å². The van der Waals surface area contributed by atoms with Gasteiger partial charge in [-0.1, -0.05) is 13.0 Å². The number of nitrogen functional groups attached to an aromatic ring is 1. The van der Waals surface area contributed by atoms with Crippen molar-refractivity contribution in [2.45, 2.75) is 26.2 Å². The summed E-state index contributed by atoms with van der Waals surface area (Å²) >= 11 is 0. The van der Waals surface area contributed by atoms with E-state index >= 15 is 0 Å². The maximum atomic E-state index is 11.9. The fraction of sp³-hybridized carbons (Fsp3) is 0.316. The van der Waals surface area contributed by atoms with E-state index in [1.807, 2.05) is 43.3 Å². The van der Waals surface area contributed by atoms with Gasteiger partial charge in [-0.2, -0.15) is 0 Å². The molecule has 3 N–H and O–H groups in total. The molecule has 128 valence electrons. The van der Waals surface area contributed by atoms with Crippen molar-refractivity contribution in [3.63, 3.8) is 0 Å². The summed E-state index contributed by atoms with van der Waals surface area (Å²) < 4.78 is 10.7. The first-order chi connectivity index (χ1) is 11.6. The van der Waals surface area contributed by atoms with Crippen LogP contribution in [0, 0.1) is 0 Å². The summed E-state index contributed by atoms with van der Waals surface area (Å²) in [5, 5.41) is 2.86. The molecule has 5 heteroatoms. The van der Waals surface area contributed by atoms with Crippen LogP contribution in [0.25, 0.3) is 0 Å². The third-order valence-corrected chi connectivity index (χ3v) is 3.69. The monoisotopic (exact) mass is 328 g/mol. The van der Waals surface area contributed by atoms with Crippen LogP contribution < -0.4 is 20.5 Å². The third kappa shape index (κ3) is 5.19. The van der Waals surface area contributed by atoms with Crippen molar-refractivity contribution in [1.29, 1.82) is 0 Å². The zero-order chi connectivity index (χ0) is 17.4. The van der Waals surface area contributed by atoms with E-state index in [2.05, 4.69) is 5.32 Å². The number of benzene rings is 2. The van der Waals surface area contributed by atoms with Crippen molar-refractivity contribution in [3.05, 3.63) is 48.0 Å². The van der Waals surface area contributed by atoms with E-state index < -0.39 is 0 Å². The van der Waals surface area contributed by atoms with E-state index in [0.29, 0.717) is 25.1 Å². The number of anilines is 2. The molecule has 0 saturated heterocycles. The number of aryl methyl sites for hydroxylation is 1. The van der Waals surface area contributed by atoms with Gasteiger partial charge in [-0.25, -0.2) is 0 Å². The Hall–Kier alpha value is -2.69. The van der Waals surface area contributed by atoms with Crippen LogP contribution in [-0.2, 0) is 11.2 Å². The van der Waals surface area contributed by atoms with Crippen LogP contribution in [-0.4, -0.2) is 19.6 Å². The highest BCUT2D eigenvalue weighted by Gasteiger charge is 2.05. The zero-order valence-electron chi connectivity index (χ0n) is 14.2. The molecule has 1 amide bonds. The Labute approximate surface area is 142 Å². The quantitative estimate of drug-likeness (QED) is 0.573. The highest BCUT2D eigenvalue weighted by atomic mass is 16.5. The van der Waals surface area contributed by atoms with Gasteiger partial charge in [-0.15, -0.1) is 0 Å². The average molecular weight is 328 g/mol. The van der Waals surface area contributed by atoms with Gasteiger partial charge in [0.15, 0.2) is 0 Å². The summed E-state index contributed by atoms with van der Waals surface area (Å²) in [5.74, 6) is 1.51. The smallest absolute Gasteiger partial charge is 0.224 e. The number of amides is 1. The Morgan fingerprint density at radius 1 is 1.12 bits per heavy atom. The maximum Gasteiger partial charge on any atom is 0.224 e. The van der Waals surface area contributed by atoms with Crippen LogP contribution in [0.5, 0.6) is 11.5 Å². The van der Waals surface area contributed by atoms with Crippen molar-refractivity contribution >= 4 is 17.3 Å². The molecular formula is C19H24N2O3. The summed E-state index contributed by atoms with van der Waals surface area (Å²) in [7, 11) is 1.62. The number of hydrogen-bond donors (Lipinski definition) is 2. The zero-order valence-corrected chi connectivity index (χ0v) is 14.2. The number of nitrogens with one attached hydrogen (secondary N) is 1. The van der Waals surface area contributed by atoms with Crippen LogP contribution in [0.2, 0.25) is 0 Å². The molecule has 0 unspecified atom stereocenters. The van der Waals surface area contributed by atoms with E-state index in [-0.39, 0.29) is 5.91 Å². The molecule has 2 rings (SSSR count). The summed E-state index contributed by atoms with van der Waals surface area (Å²) in [4.78, 5) is 11.9.